The Balaban J connectivity index is 1.25. The van der Waals surface area contributed by atoms with Crippen LogP contribution in [0.2, 0.25) is 0 Å². The average Bonchev–Trinajstić information content (AvgIpc) is 3.10. The first-order valence-electron chi connectivity index (χ1n) is 11.2. The third-order valence-electron chi connectivity index (χ3n) is 7.55. The van der Waals surface area contributed by atoms with Crippen molar-refractivity contribution in [3.63, 3.8) is 0 Å². The van der Waals surface area contributed by atoms with Crippen LogP contribution in [0.1, 0.15) is 44.2 Å². The fraction of sp³-hybridized carbons (Fsp3) is 0.609. The summed E-state index contributed by atoms with van der Waals surface area (Å²) in [5, 5.41) is 9.36. The molecule has 1 aromatic rings. The molecule has 4 fully saturated rings. The number of likely N-dealkylation sites (tertiary alicyclic amines) is 3. The van der Waals surface area contributed by atoms with Gasteiger partial charge in [-0.2, -0.15) is 5.26 Å². The zero-order valence-electron chi connectivity index (χ0n) is 17.7. The Labute approximate surface area is 181 Å². The number of nitrogens with zero attached hydrogens (tertiary/aromatic N) is 4. The number of piperidine rings is 1. The molecule has 6 unspecified atom stereocenters. The van der Waals surface area contributed by atoms with Gasteiger partial charge in [0.05, 0.1) is 24.2 Å². The molecule has 0 spiro atoms. The van der Waals surface area contributed by atoms with E-state index in [1.54, 1.807) is 17.0 Å². The molecular weight excluding hydrogens is 397 g/mol. The molecule has 1 aliphatic carbocycles. The summed E-state index contributed by atoms with van der Waals surface area (Å²) >= 11 is 0. The maximum atomic E-state index is 13.3. The number of halogens is 1. The highest BCUT2D eigenvalue weighted by molar-refractivity contribution is 5.87. The summed E-state index contributed by atoms with van der Waals surface area (Å²) in [6, 6.07) is 7.42. The van der Waals surface area contributed by atoms with Gasteiger partial charge < -0.3 is 15.5 Å². The van der Waals surface area contributed by atoms with Crippen LogP contribution in [0.25, 0.3) is 0 Å². The van der Waals surface area contributed by atoms with Crippen molar-refractivity contribution in [2.75, 3.05) is 13.1 Å². The highest BCUT2D eigenvalue weighted by Gasteiger charge is 2.56. The van der Waals surface area contributed by atoms with E-state index < -0.39 is 6.04 Å². The molecule has 1 aromatic carbocycles. The van der Waals surface area contributed by atoms with Gasteiger partial charge >= 0.3 is 0 Å². The van der Waals surface area contributed by atoms with Gasteiger partial charge in [-0.3, -0.25) is 14.5 Å². The summed E-state index contributed by atoms with van der Waals surface area (Å²) in [5.74, 6) is 0.0646. The fourth-order valence-corrected chi connectivity index (χ4v) is 5.99. The van der Waals surface area contributed by atoms with Crippen LogP contribution in [0.15, 0.2) is 24.3 Å². The van der Waals surface area contributed by atoms with Crippen LogP contribution in [-0.2, 0) is 9.59 Å². The maximum Gasteiger partial charge on any atom is 0.242 e. The van der Waals surface area contributed by atoms with Gasteiger partial charge in [-0.15, -0.1) is 0 Å². The molecule has 8 heteroatoms. The minimum atomic E-state index is -0.727. The number of benzene rings is 1. The summed E-state index contributed by atoms with van der Waals surface area (Å²) in [7, 11) is 0. The second kappa shape index (κ2) is 7.57. The van der Waals surface area contributed by atoms with Crippen molar-refractivity contribution in [2.45, 2.75) is 68.9 Å². The van der Waals surface area contributed by atoms with E-state index >= 15 is 0 Å². The minimum Gasteiger partial charge on any atom is -0.330 e. The topological polar surface area (TPSA) is 93.7 Å². The first-order chi connectivity index (χ1) is 14.9. The number of amides is 2. The number of fused-ring (bicyclic) bond motifs is 3. The Kier molecular flexibility index (Phi) is 4.98. The SMILES string of the molecule is CCC(c1ccc(F)cc1)N1C(=O)C2C[C@H]1CN2CC(N)C(=O)N1C(C#N)CC2CC21. The largest absolute Gasteiger partial charge is 0.330 e. The van der Waals surface area contributed by atoms with Gasteiger partial charge in [0, 0.05) is 25.2 Å². The number of nitriles is 1. The number of hydrogen-bond acceptors (Lipinski definition) is 5. The Hall–Kier alpha value is -2.50. The highest BCUT2D eigenvalue weighted by Crippen LogP contribution is 2.48. The van der Waals surface area contributed by atoms with E-state index in [2.05, 4.69) is 6.07 Å². The van der Waals surface area contributed by atoms with Crippen LogP contribution in [0.5, 0.6) is 0 Å². The van der Waals surface area contributed by atoms with E-state index in [-0.39, 0.29) is 47.8 Å². The Morgan fingerprint density at radius 2 is 2.03 bits per heavy atom. The van der Waals surface area contributed by atoms with E-state index in [0.29, 0.717) is 19.0 Å². The Bertz CT molecular complexity index is 931. The zero-order valence-corrected chi connectivity index (χ0v) is 17.7. The summed E-state index contributed by atoms with van der Waals surface area (Å²) in [6.07, 6.45) is 3.21. The van der Waals surface area contributed by atoms with Gasteiger partial charge in [0.2, 0.25) is 11.8 Å². The van der Waals surface area contributed by atoms with Crippen molar-refractivity contribution in [3.05, 3.63) is 35.6 Å². The first kappa shape index (κ1) is 20.4. The highest BCUT2D eigenvalue weighted by atomic mass is 19.1. The molecule has 7 atom stereocenters. The van der Waals surface area contributed by atoms with Crippen LogP contribution >= 0.6 is 0 Å². The third-order valence-corrected chi connectivity index (χ3v) is 7.55. The number of piperazine rings is 1. The number of nitrogens with two attached hydrogens (primary N) is 1. The lowest BCUT2D eigenvalue weighted by molar-refractivity contribution is -0.141. The normalized spacial score (nSPS) is 33.4. The summed E-state index contributed by atoms with van der Waals surface area (Å²) in [5.41, 5.74) is 7.22. The monoisotopic (exact) mass is 425 g/mol. The fourth-order valence-electron chi connectivity index (χ4n) is 5.99. The summed E-state index contributed by atoms with van der Waals surface area (Å²) < 4.78 is 13.3. The van der Waals surface area contributed by atoms with Crippen molar-refractivity contribution in [1.82, 2.24) is 14.7 Å². The van der Waals surface area contributed by atoms with Crippen molar-refractivity contribution < 1.29 is 14.0 Å². The van der Waals surface area contributed by atoms with Crippen LogP contribution < -0.4 is 5.73 Å². The molecule has 2 amide bonds. The maximum absolute atomic E-state index is 13.3. The summed E-state index contributed by atoms with van der Waals surface area (Å²) in [4.78, 5) is 31.8. The van der Waals surface area contributed by atoms with Crippen molar-refractivity contribution in [1.29, 1.82) is 5.26 Å². The van der Waals surface area contributed by atoms with Gasteiger partial charge in [-0.05, 0) is 49.3 Å². The molecule has 164 valence electrons. The number of carbonyl (C=O) groups is 2. The number of rotatable bonds is 6. The van der Waals surface area contributed by atoms with Gasteiger partial charge in [-0.25, -0.2) is 4.39 Å². The summed E-state index contributed by atoms with van der Waals surface area (Å²) in [6.45, 7) is 3.05. The molecule has 3 heterocycles. The molecule has 2 bridgehead atoms. The molecule has 0 aromatic heterocycles. The molecule has 31 heavy (non-hydrogen) atoms. The molecule has 7 nitrogen and oxygen atoms in total. The first-order valence-corrected chi connectivity index (χ1v) is 11.2. The van der Waals surface area contributed by atoms with Crippen LogP contribution in [-0.4, -0.2) is 69.8 Å². The number of carbonyl (C=O) groups excluding carboxylic acids is 2. The lowest BCUT2D eigenvalue weighted by Crippen LogP contribution is -2.57. The van der Waals surface area contributed by atoms with E-state index in [0.717, 1.165) is 31.2 Å². The van der Waals surface area contributed by atoms with Crippen molar-refractivity contribution in [3.8, 4) is 6.07 Å². The molecule has 0 radical (unpaired) electrons. The van der Waals surface area contributed by atoms with E-state index in [1.807, 2.05) is 16.7 Å². The Morgan fingerprint density at radius 3 is 2.68 bits per heavy atom. The van der Waals surface area contributed by atoms with Crippen molar-refractivity contribution >= 4 is 11.8 Å². The van der Waals surface area contributed by atoms with Crippen LogP contribution in [0.3, 0.4) is 0 Å². The minimum absolute atomic E-state index is 0.0606. The zero-order chi connectivity index (χ0) is 21.9. The predicted octanol–water partition coefficient (Wildman–Crippen LogP) is 1.40. The molecule has 1 saturated carbocycles. The van der Waals surface area contributed by atoms with Gasteiger partial charge in [-0.1, -0.05) is 19.1 Å². The van der Waals surface area contributed by atoms with Crippen LogP contribution in [0.4, 0.5) is 4.39 Å². The van der Waals surface area contributed by atoms with Crippen molar-refractivity contribution in [2.24, 2.45) is 11.7 Å². The third kappa shape index (κ3) is 3.31. The second-order valence-corrected chi connectivity index (χ2v) is 9.38. The average molecular weight is 426 g/mol. The predicted molar refractivity (Wildman–Crippen MR) is 111 cm³/mol. The Morgan fingerprint density at radius 1 is 1.29 bits per heavy atom. The van der Waals surface area contributed by atoms with Gasteiger partial charge in [0.15, 0.2) is 0 Å². The molecule has 2 N–H and O–H groups in total. The molecule has 3 saturated heterocycles. The number of hydrogen-bond donors (Lipinski definition) is 1. The molecular formula is C23H28FN5O2. The van der Waals surface area contributed by atoms with Gasteiger partial charge in [0.25, 0.3) is 0 Å². The standard InChI is InChI=1S/C23H28FN5O2/c1-2-19(13-3-5-15(24)6-4-13)29-17-9-21(23(29)31)27(11-17)12-18(26)22(30)28-16(10-25)7-14-8-20(14)28/h3-6,14,16-21H,2,7-9,11-12,26H2,1H3/t14?,16?,17-,18?,19?,20?,21?/m0/s1. The van der Waals surface area contributed by atoms with Gasteiger partial charge in [0.1, 0.15) is 11.9 Å². The van der Waals surface area contributed by atoms with Crippen LogP contribution in [0, 0.1) is 23.1 Å². The molecule has 3 aliphatic heterocycles. The van der Waals surface area contributed by atoms with E-state index in [4.69, 9.17) is 5.73 Å². The lowest BCUT2D eigenvalue weighted by Gasteiger charge is -2.39. The molecule has 4 aliphatic rings. The van der Waals surface area contributed by atoms with E-state index in [9.17, 15) is 19.2 Å². The second-order valence-electron chi connectivity index (χ2n) is 9.38. The quantitative estimate of drug-likeness (QED) is 0.744. The lowest BCUT2D eigenvalue weighted by atomic mass is 10.0. The van der Waals surface area contributed by atoms with E-state index in [1.165, 1.54) is 12.1 Å². The molecule has 5 rings (SSSR count). The smallest absolute Gasteiger partial charge is 0.242 e.